The molecular formula is C14H17N5O3. The van der Waals surface area contributed by atoms with Gasteiger partial charge in [-0.15, -0.1) is 0 Å². The monoisotopic (exact) mass is 303 g/mol. The van der Waals surface area contributed by atoms with Crippen LogP contribution in [0.1, 0.15) is 12.5 Å². The number of rotatable bonds is 6. The third kappa shape index (κ3) is 3.81. The van der Waals surface area contributed by atoms with Crippen LogP contribution >= 0.6 is 0 Å². The lowest BCUT2D eigenvalue weighted by Crippen LogP contribution is -2.24. The maximum absolute atomic E-state index is 11.7. The lowest BCUT2D eigenvalue weighted by atomic mass is 10.1. The van der Waals surface area contributed by atoms with Crippen molar-refractivity contribution in [3.8, 4) is 11.5 Å². The van der Waals surface area contributed by atoms with Gasteiger partial charge in [0.2, 0.25) is 0 Å². The van der Waals surface area contributed by atoms with Crippen LogP contribution in [0.15, 0.2) is 36.0 Å². The van der Waals surface area contributed by atoms with Crippen molar-refractivity contribution in [1.82, 2.24) is 20.2 Å². The number of hydrogen-bond donors (Lipinski definition) is 1. The summed E-state index contributed by atoms with van der Waals surface area (Å²) in [7, 11) is 3.15. The van der Waals surface area contributed by atoms with Crippen LogP contribution < -0.4 is 14.9 Å². The molecule has 1 aromatic heterocycles. The highest BCUT2D eigenvalue weighted by Gasteiger charge is 2.09. The van der Waals surface area contributed by atoms with Gasteiger partial charge in [0.15, 0.2) is 0 Å². The molecule has 1 heterocycles. The largest absolute Gasteiger partial charge is 0.497 e. The van der Waals surface area contributed by atoms with Gasteiger partial charge >= 0.3 is 0 Å². The number of nitrogens with zero attached hydrogens (tertiary/aromatic N) is 4. The summed E-state index contributed by atoms with van der Waals surface area (Å²) in [4.78, 5) is 15.5. The van der Waals surface area contributed by atoms with Gasteiger partial charge < -0.3 is 9.47 Å². The number of hydrazone groups is 1. The first kappa shape index (κ1) is 15.5. The van der Waals surface area contributed by atoms with Gasteiger partial charge in [-0.05, 0) is 19.1 Å². The van der Waals surface area contributed by atoms with Crippen molar-refractivity contribution in [2.45, 2.75) is 13.5 Å². The van der Waals surface area contributed by atoms with E-state index in [1.54, 1.807) is 33.3 Å². The fourth-order valence-electron chi connectivity index (χ4n) is 1.80. The molecule has 0 aliphatic carbocycles. The van der Waals surface area contributed by atoms with Crippen LogP contribution in [0.2, 0.25) is 0 Å². The van der Waals surface area contributed by atoms with E-state index in [1.807, 2.05) is 6.07 Å². The van der Waals surface area contributed by atoms with Gasteiger partial charge in [-0.1, -0.05) is 0 Å². The summed E-state index contributed by atoms with van der Waals surface area (Å²) in [5.41, 5.74) is 3.86. The van der Waals surface area contributed by atoms with E-state index in [0.29, 0.717) is 17.2 Å². The summed E-state index contributed by atoms with van der Waals surface area (Å²) in [5, 5.41) is 7.92. The molecule has 2 aromatic rings. The first-order valence-corrected chi connectivity index (χ1v) is 6.52. The van der Waals surface area contributed by atoms with E-state index < -0.39 is 0 Å². The number of ether oxygens (including phenoxy) is 2. The van der Waals surface area contributed by atoms with Crippen LogP contribution in [-0.2, 0) is 11.3 Å². The topological polar surface area (TPSA) is 90.6 Å². The number of hydrogen-bond acceptors (Lipinski definition) is 6. The number of methoxy groups -OCH3 is 2. The quantitative estimate of drug-likeness (QED) is 0.630. The van der Waals surface area contributed by atoms with E-state index in [9.17, 15) is 4.79 Å². The average Bonchev–Trinajstić information content (AvgIpc) is 3.04. The molecule has 1 N–H and O–H groups in total. The number of benzene rings is 1. The SMILES string of the molecule is COc1ccc(C(C)=NNC(=O)Cn2cncn2)c(OC)c1. The van der Waals surface area contributed by atoms with Crippen LogP contribution in [0.3, 0.4) is 0 Å². The minimum Gasteiger partial charge on any atom is -0.497 e. The number of aromatic nitrogens is 3. The lowest BCUT2D eigenvalue weighted by molar-refractivity contribution is -0.121. The Morgan fingerprint density at radius 3 is 2.82 bits per heavy atom. The van der Waals surface area contributed by atoms with Crippen LogP contribution in [-0.4, -0.2) is 40.6 Å². The highest BCUT2D eigenvalue weighted by Crippen LogP contribution is 2.24. The highest BCUT2D eigenvalue weighted by atomic mass is 16.5. The van der Waals surface area contributed by atoms with Gasteiger partial charge in [0, 0.05) is 11.6 Å². The summed E-state index contributed by atoms with van der Waals surface area (Å²) in [6, 6.07) is 5.37. The van der Waals surface area contributed by atoms with Crippen molar-refractivity contribution < 1.29 is 14.3 Å². The Morgan fingerprint density at radius 1 is 1.36 bits per heavy atom. The highest BCUT2D eigenvalue weighted by molar-refractivity contribution is 6.01. The smallest absolute Gasteiger partial charge is 0.261 e. The molecule has 0 saturated heterocycles. The van der Waals surface area contributed by atoms with Gasteiger partial charge in [-0.3, -0.25) is 4.79 Å². The molecule has 0 saturated carbocycles. The number of carbonyl (C=O) groups excluding carboxylic acids is 1. The lowest BCUT2D eigenvalue weighted by Gasteiger charge is -2.10. The number of amides is 1. The van der Waals surface area contributed by atoms with Gasteiger partial charge in [0.25, 0.3) is 5.91 Å². The predicted octanol–water partition coefficient (Wildman–Crippen LogP) is 0.836. The van der Waals surface area contributed by atoms with Gasteiger partial charge in [0.1, 0.15) is 30.7 Å². The Bertz CT molecular complexity index is 667. The molecule has 22 heavy (non-hydrogen) atoms. The summed E-state index contributed by atoms with van der Waals surface area (Å²) < 4.78 is 11.9. The van der Waals surface area contributed by atoms with Crippen molar-refractivity contribution in [2.24, 2.45) is 5.10 Å². The zero-order chi connectivity index (χ0) is 15.9. The zero-order valence-electron chi connectivity index (χ0n) is 12.6. The molecule has 8 nitrogen and oxygen atoms in total. The third-order valence-corrected chi connectivity index (χ3v) is 2.92. The molecule has 2 rings (SSSR count). The van der Waals surface area contributed by atoms with Crippen LogP contribution in [0, 0.1) is 0 Å². The fourth-order valence-corrected chi connectivity index (χ4v) is 1.80. The van der Waals surface area contributed by atoms with Crippen molar-refractivity contribution in [2.75, 3.05) is 14.2 Å². The van der Waals surface area contributed by atoms with Gasteiger partial charge in [-0.2, -0.15) is 10.2 Å². The summed E-state index contributed by atoms with van der Waals surface area (Å²) >= 11 is 0. The molecule has 0 spiro atoms. The molecule has 1 aromatic carbocycles. The van der Waals surface area contributed by atoms with Crippen molar-refractivity contribution in [3.05, 3.63) is 36.4 Å². The van der Waals surface area contributed by atoms with Crippen LogP contribution in [0.25, 0.3) is 0 Å². The number of nitrogens with one attached hydrogen (secondary N) is 1. The van der Waals surface area contributed by atoms with E-state index in [0.717, 1.165) is 5.56 Å². The van der Waals surface area contributed by atoms with Crippen molar-refractivity contribution >= 4 is 11.6 Å². The van der Waals surface area contributed by atoms with Crippen LogP contribution in [0.5, 0.6) is 11.5 Å². The average molecular weight is 303 g/mol. The summed E-state index contributed by atoms with van der Waals surface area (Å²) in [6.45, 7) is 1.83. The molecule has 8 heteroatoms. The first-order valence-electron chi connectivity index (χ1n) is 6.52. The first-order chi connectivity index (χ1) is 10.6. The fraction of sp³-hybridized carbons (Fsp3) is 0.286. The summed E-state index contributed by atoms with van der Waals surface area (Å²) in [5.74, 6) is 1.01. The van der Waals surface area contributed by atoms with E-state index in [1.165, 1.54) is 17.3 Å². The molecule has 0 atom stereocenters. The minimum absolute atomic E-state index is 0.0521. The predicted molar refractivity (Wildman–Crippen MR) is 79.9 cm³/mol. The molecule has 0 bridgehead atoms. The Balaban J connectivity index is 2.06. The number of carbonyl (C=O) groups is 1. The second-order valence-electron chi connectivity index (χ2n) is 4.39. The molecule has 1 amide bonds. The molecule has 0 unspecified atom stereocenters. The third-order valence-electron chi connectivity index (χ3n) is 2.92. The second-order valence-corrected chi connectivity index (χ2v) is 4.39. The second kappa shape index (κ2) is 7.21. The van der Waals surface area contributed by atoms with Gasteiger partial charge in [0.05, 0.1) is 19.9 Å². The van der Waals surface area contributed by atoms with E-state index in [2.05, 4.69) is 20.6 Å². The Kier molecular flexibility index (Phi) is 5.07. The minimum atomic E-state index is -0.294. The Labute approximate surface area is 127 Å². The van der Waals surface area contributed by atoms with Gasteiger partial charge in [-0.25, -0.2) is 15.1 Å². The van der Waals surface area contributed by atoms with Crippen LogP contribution in [0.4, 0.5) is 0 Å². The zero-order valence-corrected chi connectivity index (χ0v) is 12.6. The maximum atomic E-state index is 11.7. The van der Waals surface area contributed by atoms with E-state index in [-0.39, 0.29) is 12.5 Å². The molecule has 0 radical (unpaired) electrons. The molecule has 0 aliphatic rings. The maximum Gasteiger partial charge on any atom is 0.261 e. The molecule has 116 valence electrons. The normalized spacial score (nSPS) is 11.1. The molecule has 0 aliphatic heterocycles. The molecule has 0 fully saturated rings. The van der Waals surface area contributed by atoms with Crippen molar-refractivity contribution in [1.29, 1.82) is 0 Å². The van der Waals surface area contributed by atoms with Crippen molar-refractivity contribution in [3.63, 3.8) is 0 Å². The Morgan fingerprint density at radius 2 is 2.18 bits per heavy atom. The standard InChI is InChI=1S/C14H17N5O3/c1-10(12-5-4-11(21-2)6-13(12)22-3)17-18-14(20)7-19-9-15-8-16-19/h4-6,8-9H,7H2,1-3H3,(H,18,20). The van der Waals surface area contributed by atoms with E-state index >= 15 is 0 Å². The Hall–Kier alpha value is -2.90. The molecular weight excluding hydrogens is 286 g/mol. The summed E-state index contributed by atoms with van der Waals surface area (Å²) in [6.07, 6.45) is 2.83. The van der Waals surface area contributed by atoms with E-state index in [4.69, 9.17) is 9.47 Å².